The Morgan fingerprint density at radius 3 is 2.74 bits per heavy atom. The molecular formula is C12H20N4O2S. The molecule has 1 fully saturated rings. The van der Waals surface area contributed by atoms with Crippen molar-refractivity contribution in [3.8, 4) is 5.75 Å². The normalized spacial score (nSPS) is 16.2. The number of nitrogens with one attached hydrogen (secondary N) is 2. The summed E-state index contributed by atoms with van der Waals surface area (Å²) in [6, 6.07) is 0.0182. The van der Waals surface area contributed by atoms with Gasteiger partial charge in [-0.05, 0) is 45.1 Å². The van der Waals surface area contributed by atoms with E-state index in [4.69, 9.17) is 10.5 Å². The van der Waals surface area contributed by atoms with E-state index in [0.29, 0.717) is 22.6 Å². The van der Waals surface area contributed by atoms with Gasteiger partial charge in [0.1, 0.15) is 6.04 Å². The van der Waals surface area contributed by atoms with Crippen molar-refractivity contribution in [3.63, 3.8) is 0 Å². The zero-order valence-corrected chi connectivity index (χ0v) is 12.2. The number of hydrogen-bond acceptors (Lipinski definition) is 6. The van der Waals surface area contributed by atoms with Crippen LogP contribution in [-0.4, -0.2) is 28.5 Å². The van der Waals surface area contributed by atoms with Crippen LogP contribution in [0, 0.1) is 0 Å². The van der Waals surface area contributed by atoms with E-state index in [1.165, 1.54) is 11.5 Å². The third-order valence-corrected chi connectivity index (χ3v) is 3.47. The van der Waals surface area contributed by atoms with Crippen LogP contribution in [0.4, 0.5) is 10.8 Å². The topological polar surface area (TPSA) is 89.3 Å². The molecule has 1 amide bonds. The molecule has 1 aromatic heterocycles. The van der Waals surface area contributed by atoms with E-state index >= 15 is 0 Å². The van der Waals surface area contributed by atoms with Crippen molar-refractivity contribution in [2.24, 2.45) is 0 Å². The van der Waals surface area contributed by atoms with E-state index in [9.17, 15) is 4.79 Å². The minimum atomic E-state index is -0.338. The lowest BCUT2D eigenvalue weighted by molar-refractivity contribution is -0.121. The van der Waals surface area contributed by atoms with Crippen LogP contribution in [0.5, 0.6) is 5.75 Å². The molecule has 2 rings (SSSR count). The second-order valence-electron chi connectivity index (χ2n) is 5.04. The summed E-state index contributed by atoms with van der Waals surface area (Å²) in [5.41, 5.74) is 5.77. The number of carbonyl (C=O) groups excluding carboxylic acids is 1. The number of carbonyl (C=O) groups is 1. The van der Waals surface area contributed by atoms with Crippen LogP contribution in [0.25, 0.3) is 0 Å². The number of aromatic nitrogens is 1. The van der Waals surface area contributed by atoms with Crippen molar-refractivity contribution in [1.82, 2.24) is 9.69 Å². The van der Waals surface area contributed by atoms with E-state index in [0.717, 1.165) is 12.8 Å². The summed E-state index contributed by atoms with van der Waals surface area (Å²) in [6.45, 7) is 5.65. The van der Waals surface area contributed by atoms with Crippen molar-refractivity contribution in [3.05, 3.63) is 0 Å². The predicted octanol–water partition coefficient (Wildman–Crippen LogP) is 1.59. The summed E-state index contributed by atoms with van der Waals surface area (Å²) in [5, 5.41) is 6.76. The molecule has 0 aromatic carbocycles. The molecule has 19 heavy (non-hydrogen) atoms. The van der Waals surface area contributed by atoms with Gasteiger partial charge in [0, 0.05) is 6.04 Å². The molecular weight excluding hydrogens is 264 g/mol. The van der Waals surface area contributed by atoms with Crippen LogP contribution in [0.2, 0.25) is 0 Å². The van der Waals surface area contributed by atoms with Crippen LogP contribution >= 0.6 is 11.5 Å². The number of rotatable bonds is 6. The maximum absolute atomic E-state index is 11.9. The smallest absolute Gasteiger partial charge is 0.242 e. The van der Waals surface area contributed by atoms with Gasteiger partial charge in [0.15, 0.2) is 16.6 Å². The average Bonchev–Trinajstić information content (AvgIpc) is 3.08. The van der Waals surface area contributed by atoms with E-state index in [1.807, 2.05) is 20.8 Å². The van der Waals surface area contributed by atoms with Gasteiger partial charge in [-0.15, -0.1) is 0 Å². The Labute approximate surface area is 116 Å². The monoisotopic (exact) mass is 284 g/mol. The number of amides is 1. The van der Waals surface area contributed by atoms with Crippen LogP contribution < -0.4 is 21.1 Å². The molecule has 1 atom stereocenters. The summed E-state index contributed by atoms with van der Waals surface area (Å²) in [4.78, 5) is 11.9. The fourth-order valence-electron chi connectivity index (χ4n) is 1.55. The number of ether oxygens (including phenoxy) is 1. The molecule has 0 spiro atoms. The summed E-state index contributed by atoms with van der Waals surface area (Å²) >= 11 is 1.21. The highest BCUT2D eigenvalue weighted by molar-refractivity contribution is 7.11. The second kappa shape index (κ2) is 5.64. The molecule has 7 heteroatoms. The van der Waals surface area contributed by atoms with E-state index in [-0.39, 0.29) is 18.1 Å². The van der Waals surface area contributed by atoms with Crippen molar-refractivity contribution in [2.75, 3.05) is 11.1 Å². The molecule has 106 valence electrons. The van der Waals surface area contributed by atoms with Crippen LogP contribution in [0.15, 0.2) is 0 Å². The summed E-state index contributed by atoms with van der Waals surface area (Å²) < 4.78 is 9.67. The highest BCUT2D eigenvalue weighted by atomic mass is 32.1. The Balaban J connectivity index is 1.99. The number of nitrogens with two attached hydrogens (primary N) is 1. The Bertz CT molecular complexity index is 457. The first-order valence-electron chi connectivity index (χ1n) is 6.46. The molecule has 1 unspecified atom stereocenters. The molecule has 1 aliphatic rings. The molecule has 6 nitrogen and oxygen atoms in total. The first-order valence-corrected chi connectivity index (χ1v) is 7.23. The van der Waals surface area contributed by atoms with E-state index in [1.54, 1.807) is 0 Å². The molecule has 1 aliphatic carbocycles. The Kier molecular flexibility index (Phi) is 4.14. The molecule has 1 saturated carbocycles. The lowest BCUT2D eigenvalue weighted by Gasteiger charge is -2.16. The molecule has 0 radical (unpaired) electrons. The average molecular weight is 284 g/mol. The van der Waals surface area contributed by atoms with Crippen molar-refractivity contribution >= 4 is 28.3 Å². The number of nitrogen functional groups attached to an aromatic ring is 1. The van der Waals surface area contributed by atoms with Gasteiger partial charge < -0.3 is 21.1 Å². The minimum Gasteiger partial charge on any atom is -0.484 e. The van der Waals surface area contributed by atoms with Gasteiger partial charge in [0.2, 0.25) is 5.91 Å². The van der Waals surface area contributed by atoms with Crippen molar-refractivity contribution in [1.29, 1.82) is 0 Å². The van der Waals surface area contributed by atoms with Gasteiger partial charge in [-0.1, -0.05) is 0 Å². The quantitative estimate of drug-likeness (QED) is 0.738. The third kappa shape index (κ3) is 3.73. The summed E-state index contributed by atoms with van der Waals surface area (Å²) in [6.07, 6.45) is 2.16. The van der Waals surface area contributed by atoms with Crippen molar-refractivity contribution in [2.45, 2.75) is 51.8 Å². The number of hydrogen-bond donors (Lipinski definition) is 3. The lowest BCUT2D eigenvalue weighted by Crippen LogP contribution is -2.38. The van der Waals surface area contributed by atoms with Gasteiger partial charge in [-0.2, -0.15) is 4.37 Å². The fraction of sp³-hybridized carbons (Fsp3) is 0.667. The maximum Gasteiger partial charge on any atom is 0.242 e. The van der Waals surface area contributed by atoms with Crippen molar-refractivity contribution < 1.29 is 9.53 Å². The largest absolute Gasteiger partial charge is 0.484 e. The standard InChI is InChI=1S/C12H20N4O2S/c1-6(2)18-9-10(13)16-19-12(9)14-7(3)11(17)15-8-4-5-8/h6-8,14H,4-5H2,1-3H3,(H2,13,16)(H,15,17). The van der Waals surface area contributed by atoms with Crippen LogP contribution in [0.1, 0.15) is 33.6 Å². The highest BCUT2D eigenvalue weighted by Gasteiger charge is 2.26. The van der Waals surface area contributed by atoms with E-state index < -0.39 is 0 Å². The first-order chi connectivity index (χ1) is 8.97. The third-order valence-electron chi connectivity index (χ3n) is 2.69. The zero-order valence-electron chi connectivity index (χ0n) is 11.4. The Morgan fingerprint density at radius 1 is 1.47 bits per heavy atom. The van der Waals surface area contributed by atoms with Gasteiger partial charge in [0.25, 0.3) is 0 Å². The maximum atomic E-state index is 11.9. The number of nitrogens with zero attached hydrogens (tertiary/aromatic N) is 1. The lowest BCUT2D eigenvalue weighted by atomic mass is 10.3. The molecule has 0 aliphatic heterocycles. The molecule has 1 heterocycles. The first kappa shape index (κ1) is 13.9. The SMILES string of the molecule is CC(C)Oc1c(N)nsc1NC(C)C(=O)NC1CC1. The van der Waals surface area contributed by atoms with E-state index in [2.05, 4.69) is 15.0 Å². The summed E-state index contributed by atoms with van der Waals surface area (Å²) in [5.74, 6) is 0.882. The van der Waals surface area contributed by atoms with Gasteiger partial charge in [-0.3, -0.25) is 4.79 Å². The highest BCUT2D eigenvalue weighted by Crippen LogP contribution is 2.36. The van der Waals surface area contributed by atoms with Gasteiger partial charge in [-0.25, -0.2) is 0 Å². The van der Waals surface area contributed by atoms with Crippen LogP contribution in [-0.2, 0) is 4.79 Å². The molecule has 0 saturated heterocycles. The Hall–Kier alpha value is -1.50. The fourth-order valence-corrected chi connectivity index (χ4v) is 2.29. The minimum absolute atomic E-state index is 0.00912. The predicted molar refractivity (Wildman–Crippen MR) is 76.5 cm³/mol. The molecule has 4 N–H and O–H groups in total. The number of anilines is 2. The molecule has 1 aromatic rings. The summed E-state index contributed by atoms with van der Waals surface area (Å²) in [7, 11) is 0. The Morgan fingerprint density at radius 2 is 2.16 bits per heavy atom. The zero-order chi connectivity index (χ0) is 14.0. The molecule has 0 bridgehead atoms. The van der Waals surface area contributed by atoms with Gasteiger partial charge in [0.05, 0.1) is 6.10 Å². The van der Waals surface area contributed by atoms with Crippen LogP contribution in [0.3, 0.4) is 0 Å². The van der Waals surface area contributed by atoms with Gasteiger partial charge >= 0.3 is 0 Å². The second-order valence-corrected chi connectivity index (χ2v) is 5.81.